The second-order valence-corrected chi connectivity index (χ2v) is 9.05. The van der Waals surface area contributed by atoms with Crippen molar-refractivity contribution in [2.45, 2.75) is 44.9 Å². The third-order valence-electron chi connectivity index (χ3n) is 6.11. The molecule has 0 aliphatic carbocycles. The predicted octanol–water partition coefficient (Wildman–Crippen LogP) is 3.89. The number of benzene rings is 2. The quantitative estimate of drug-likeness (QED) is 0.598. The van der Waals surface area contributed by atoms with Crippen LogP contribution in [0.25, 0.3) is 0 Å². The second-order valence-electron chi connectivity index (χ2n) is 9.05. The van der Waals surface area contributed by atoms with Crippen LogP contribution in [0.5, 0.6) is 5.75 Å². The Hall–Kier alpha value is -3.56. The first-order valence-electron chi connectivity index (χ1n) is 11.7. The van der Waals surface area contributed by atoms with E-state index < -0.39 is 23.7 Å². The maximum absolute atomic E-state index is 13.0. The van der Waals surface area contributed by atoms with E-state index in [-0.39, 0.29) is 29.3 Å². The number of hydrogen-bond acceptors (Lipinski definition) is 4. The molecule has 0 aromatic heterocycles. The third kappa shape index (κ3) is 6.77. The van der Waals surface area contributed by atoms with Gasteiger partial charge in [0.2, 0.25) is 5.91 Å². The van der Waals surface area contributed by atoms with Crippen molar-refractivity contribution in [2.24, 2.45) is 5.92 Å². The van der Waals surface area contributed by atoms with E-state index in [9.17, 15) is 27.6 Å². The lowest BCUT2D eigenvalue weighted by Gasteiger charge is -2.36. The number of likely N-dealkylation sites (tertiary alicyclic amines) is 1. The minimum atomic E-state index is -4.47. The molecular weight excluding hydrogens is 475 g/mol. The Morgan fingerprint density at radius 3 is 1.97 bits per heavy atom. The summed E-state index contributed by atoms with van der Waals surface area (Å²) in [5, 5.41) is 5.69. The highest BCUT2D eigenvalue weighted by molar-refractivity contribution is 5.98. The van der Waals surface area contributed by atoms with E-state index >= 15 is 0 Å². The SMILES string of the molecule is COc1ccc(C(=O)NC(C(=O)NC(C)C)C2CCN(C(=O)c3ccc(C(F)(F)F)cc3)CC2)cc1. The van der Waals surface area contributed by atoms with Crippen molar-refractivity contribution < 1.29 is 32.3 Å². The maximum Gasteiger partial charge on any atom is 0.416 e. The van der Waals surface area contributed by atoms with Crippen molar-refractivity contribution in [3.63, 3.8) is 0 Å². The number of halogens is 3. The number of hydrogen-bond donors (Lipinski definition) is 2. The molecule has 1 fully saturated rings. The fourth-order valence-electron chi connectivity index (χ4n) is 4.16. The normalized spacial score (nSPS) is 15.4. The standard InChI is InChI=1S/C26H30F3N3O4/c1-16(2)30-24(34)22(31-23(33)18-6-10-21(36-3)11-7-18)17-12-14-32(15-13-17)25(35)19-4-8-20(9-5-19)26(27,28)29/h4-11,16-17,22H,12-15H2,1-3H3,(H,30,34)(H,31,33). The first-order chi connectivity index (χ1) is 17.0. The van der Waals surface area contributed by atoms with Crippen LogP contribution in [-0.4, -0.2) is 54.9 Å². The first-order valence-corrected chi connectivity index (χ1v) is 11.7. The number of piperidine rings is 1. The highest BCUT2D eigenvalue weighted by atomic mass is 19.4. The maximum atomic E-state index is 13.0. The Kier molecular flexibility index (Phi) is 8.60. The van der Waals surface area contributed by atoms with Crippen LogP contribution in [0.2, 0.25) is 0 Å². The van der Waals surface area contributed by atoms with E-state index in [1.165, 1.54) is 19.2 Å². The molecule has 1 aliphatic rings. The van der Waals surface area contributed by atoms with Crippen LogP contribution in [0.1, 0.15) is 53.0 Å². The minimum absolute atomic E-state index is 0.126. The molecule has 0 saturated carbocycles. The lowest BCUT2D eigenvalue weighted by atomic mass is 9.88. The molecule has 1 unspecified atom stereocenters. The Bertz CT molecular complexity index is 1060. The summed E-state index contributed by atoms with van der Waals surface area (Å²) in [6.45, 7) is 4.28. The lowest BCUT2D eigenvalue weighted by molar-refractivity contribution is -0.137. The van der Waals surface area contributed by atoms with E-state index in [2.05, 4.69) is 10.6 Å². The molecule has 3 amide bonds. The van der Waals surface area contributed by atoms with E-state index in [4.69, 9.17) is 4.74 Å². The van der Waals surface area contributed by atoms with Crippen molar-refractivity contribution in [1.29, 1.82) is 0 Å². The van der Waals surface area contributed by atoms with Gasteiger partial charge in [-0.2, -0.15) is 13.2 Å². The molecule has 1 saturated heterocycles. The summed E-state index contributed by atoms with van der Waals surface area (Å²) in [5.74, 6) is -0.690. The van der Waals surface area contributed by atoms with Gasteiger partial charge in [-0.3, -0.25) is 14.4 Å². The van der Waals surface area contributed by atoms with Crippen LogP contribution >= 0.6 is 0 Å². The molecule has 1 heterocycles. The molecule has 1 aliphatic heterocycles. The topological polar surface area (TPSA) is 87.7 Å². The van der Waals surface area contributed by atoms with Gasteiger partial charge in [-0.15, -0.1) is 0 Å². The Morgan fingerprint density at radius 2 is 1.47 bits per heavy atom. The van der Waals surface area contributed by atoms with Crippen LogP contribution in [0.3, 0.4) is 0 Å². The number of nitrogens with zero attached hydrogens (tertiary/aromatic N) is 1. The summed E-state index contributed by atoms with van der Waals surface area (Å²) >= 11 is 0. The molecule has 2 aromatic carbocycles. The third-order valence-corrected chi connectivity index (χ3v) is 6.11. The second kappa shape index (κ2) is 11.5. The van der Waals surface area contributed by atoms with E-state index in [1.54, 1.807) is 29.2 Å². The number of rotatable bonds is 7. The van der Waals surface area contributed by atoms with Gasteiger partial charge in [-0.05, 0) is 81.1 Å². The number of carbonyl (C=O) groups excluding carboxylic acids is 3. The minimum Gasteiger partial charge on any atom is -0.497 e. The van der Waals surface area contributed by atoms with E-state index in [1.807, 2.05) is 13.8 Å². The van der Waals surface area contributed by atoms with Crippen molar-refractivity contribution in [3.8, 4) is 5.75 Å². The number of nitrogens with one attached hydrogen (secondary N) is 2. The van der Waals surface area contributed by atoms with Gasteiger partial charge < -0.3 is 20.3 Å². The van der Waals surface area contributed by atoms with Crippen molar-refractivity contribution in [3.05, 3.63) is 65.2 Å². The fraction of sp³-hybridized carbons (Fsp3) is 0.423. The molecule has 194 valence electrons. The smallest absolute Gasteiger partial charge is 0.416 e. The number of carbonyl (C=O) groups is 3. The zero-order valence-corrected chi connectivity index (χ0v) is 20.4. The molecule has 0 spiro atoms. The van der Waals surface area contributed by atoms with Crippen LogP contribution in [-0.2, 0) is 11.0 Å². The predicted molar refractivity (Wildman–Crippen MR) is 128 cm³/mol. The fourth-order valence-corrected chi connectivity index (χ4v) is 4.16. The zero-order valence-electron chi connectivity index (χ0n) is 20.4. The molecule has 0 bridgehead atoms. The van der Waals surface area contributed by atoms with Crippen molar-refractivity contribution >= 4 is 17.7 Å². The molecule has 0 radical (unpaired) electrons. The van der Waals surface area contributed by atoms with Crippen molar-refractivity contribution in [2.75, 3.05) is 20.2 Å². The molecule has 2 N–H and O–H groups in total. The Balaban J connectivity index is 1.67. The van der Waals surface area contributed by atoms with Crippen LogP contribution in [0.15, 0.2) is 48.5 Å². The summed E-state index contributed by atoms with van der Waals surface area (Å²) in [7, 11) is 1.52. The van der Waals surface area contributed by atoms with Crippen LogP contribution < -0.4 is 15.4 Å². The molecule has 3 rings (SSSR count). The molecule has 1 atom stereocenters. The van der Waals surface area contributed by atoms with Gasteiger partial charge in [-0.25, -0.2) is 0 Å². The highest BCUT2D eigenvalue weighted by Gasteiger charge is 2.35. The first kappa shape index (κ1) is 27.0. The van der Waals surface area contributed by atoms with E-state index in [0.29, 0.717) is 37.2 Å². The summed E-state index contributed by atoms with van der Waals surface area (Å²) in [4.78, 5) is 40.2. The monoisotopic (exact) mass is 505 g/mol. The Morgan fingerprint density at radius 1 is 0.917 bits per heavy atom. The number of ether oxygens (including phenoxy) is 1. The molecule has 36 heavy (non-hydrogen) atoms. The summed E-state index contributed by atoms with van der Waals surface area (Å²) < 4.78 is 43.5. The van der Waals surface area contributed by atoms with Crippen molar-refractivity contribution in [1.82, 2.24) is 15.5 Å². The molecule has 7 nitrogen and oxygen atoms in total. The van der Waals surface area contributed by atoms with Gasteiger partial charge in [0.05, 0.1) is 12.7 Å². The van der Waals surface area contributed by atoms with Gasteiger partial charge in [0.15, 0.2) is 0 Å². The van der Waals surface area contributed by atoms with Gasteiger partial charge in [-0.1, -0.05) is 0 Å². The Labute approximate surface area is 208 Å². The zero-order chi connectivity index (χ0) is 26.5. The van der Waals surface area contributed by atoms with Gasteiger partial charge in [0, 0.05) is 30.3 Å². The van der Waals surface area contributed by atoms with E-state index in [0.717, 1.165) is 12.1 Å². The number of methoxy groups -OCH3 is 1. The summed E-state index contributed by atoms with van der Waals surface area (Å²) in [5.41, 5.74) is -0.263. The highest BCUT2D eigenvalue weighted by Crippen LogP contribution is 2.30. The van der Waals surface area contributed by atoms with Crippen LogP contribution in [0.4, 0.5) is 13.2 Å². The number of alkyl halides is 3. The summed E-state index contributed by atoms with van der Waals surface area (Å²) in [6.07, 6.45) is -3.57. The average molecular weight is 506 g/mol. The lowest BCUT2D eigenvalue weighted by Crippen LogP contribution is -2.54. The largest absolute Gasteiger partial charge is 0.497 e. The molecule has 2 aromatic rings. The molecule has 10 heteroatoms. The van der Waals surface area contributed by atoms with Gasteiger partial charge >= 0.3 is 6.18 Å². The number of amides is 3. The molecular formula is C26H30F3N3O4. The van der Waals surface area contributed by atoms with Gasteiger partial charge in [0.1, 0.15) is 11.8 Å². The average Bonchev–Trinajstić information content (AvgIpc) is 2.86. The van der Waals surface area contributed by atoms with Gasteiger partial charge in [0.25, 0.3) is 11.8 Å². The summed E-state index contributed by atoms with van der Waals surface area (Å²) in [6, 6.07) is 9.73. The van der Waals surface area contributed by atoms with Crippen LogP contribution in [0, 0.1) is 5.92 Å².